The lowest BCUT2D eigenvalue weighted by Crippen LogP contribution is -2.16. The van der Waals surface area contributed by atoms with Crippen LogP contribution in [0.4, 0.5) is 5.69 Å². The van der Waals surface area contributed by atoms with Crippen LogP contribution in [0.3, 0.4) is 0 Å². The minimum Gasteiger partial charge on any atom is -0.325 e. The van der Waals surface area contributed by atoms with Gasteiger partial charge in [0.2, 0.25) is 5.91 Å². The van der Waals surface area contributed by atoms with Crippen LogP contribution in [-0.4, -0.2) is 21.9 Å². The number of nitrogens with one attached hydrogen (secondary N) is 1. The summed E-state index contributed by atoms with van der Waals surface area (Å²) in [6.07, 6.45) is 1.82. The molecule has 0 spiro atoms. The molecule has 2 aromatic rings. The average Bonchev–Trinajstić information content (AvgIpc) is 2.97. The number of anilines is 1. The second kappa shape index (κ2) is 8.38. The van der Waals surface area contributed by atoms with E-state index in [1.165, 1.54) is 23.5 Å². The van der Waals surface area contributed by atoms with Crippen molar-refractivity contribution in [3.63, 3.8) is 0 Å². The summed E-state index contributed by atoms with van der Waals surface area (Å²) in [5, 5.41) is 2.94. The summed E-state index contributed by atoms with van der Waals surface area (Å²) >= 11 is 2.59. The lowest BCUT2D eigenvalue weighted by Gasteiger charge is -2.11. The average molecular weight is 383 g/mol. The predicted molar refractivity (Wildman–Crippen MR) is 111 cm³/mol. The fourth-order valence-electron chi connectivity index (χ4n) is 2.47. The van der Waals surface area contributed by atoms with Gasteiger partial charge in [0.05, 0.1) is 10.7 Å². The van der Waals surface area contributed by atoms with Crippen molar-refractivity contribution in [3.05, 3.63) is 70.1 Å². The van der Waals surface area contributed by atoms with E-state index in [-0.39, 0.29) is 17.6 Å². The zero-order chi connectivity index (χ0) is 18.5. The van der Waals surface area contributed by atoms with Gasteiger partial charge in [-0.2, -0.15) is 4.99 Å². The van der Waals surface area contributed by atoms with Gasteiger partial charge in [-0.15, -0.1) is 0 Å². The number of benzene rings is 2. The summed E-state index contributed by atoms with van der Waals surface area (Å²) in [5.41, 5.74) is 3.86. The Kier molecular flexibility index (Phi) is 5.96. The van der Waals surface area contributed by atoms with Crippen molar-refractivity contribution in [2.24, 2.45) is 4.99 Å². The summed E-state index contributed by atoms with van der Waals surface area (Å²) in [7, 11) is 0. The second-order valence-electron chi connectivity index (χ2n) is 5.81. The van der Waals surface area contributed by atoms with Crippen molar-refractivity contribution in [2.45, 2.75) is 13.8 Å². The fourth-order valence-corrected chi connectivity index (χ4v) is 4.27. The Hall–Kier alpha value is -2.31. The quantitative estimate of drug-likeness (QED) is 0.782. The Morgan fingerprint density at radius 3 is 2.50 bits per heavy atom. The maximum absolute atomic E-state index is 12.2. The van der Waals surface area contributed by atoms with Gasteiger partial charge in [0.25, 0.3) is 5.91 Å². The van der Waals surface area contributed by atoms with E-state index in [1.807, 2.05) is 68.5 Å². The minimum atomic E-state index is -0.253. The van der Waals surface area contributed by atoms with E-state index in [2.05, 4.69) is 10.3 Å². The molecule has 0 atom stereocenters. The van der Waals surface area contributed by atoms with Gasteiger partial charge in [0.15, 0.2) is 0 Å². The number of hydrogen-bond acceptors (Lipinski definition) is 4. The molecule has 132 valence electrons. The molecule has 0 bridgehead atoms. The minimum absolute atomic E-state index is 0.108. The number of hydrogen-bond donors (Lipinski definition) is 1. The first-order chi connectivity index (χ1) is 12.5. The van der Waals surface area contributed by atoms with E-state index in [1.54, 1.807) is 0 Å². The SMILES string of the molecule is Cc1cccc(C)c1NC(=O)CSC1=NC(=O)C(=Cc2ccccc2)S1. The van der Waals surface area contributed by atoms with Gasteiger partial charge < -0.3 is 5.32 Å². The summed E-state index contributed by atoms with van der Waals surface area (Å²) in [5.74, 6) is -0.147. The van der Waals surface area contributed by atoms with Crippen molar-refractivity contribution < 1.29 is 9.59 Å². The van der Waals surface area contributed by atoms with E-state index >= 15 is 0 Å². The molecule has 1 N–H and O–H groups in total. The van der Waals surface area contributed by atoms with Crippen LogP contribution in [0.2, 0.25) is 0 Å². The third-order valence-electron chi connectivity index (χ3n) is 3.77. The first-order valence-corrected chi connectivity index (χ1v) is 9.89. The van der Waals surface area contributed by atoms with Crippen molar-refractivity contribution in [1.29, 1.82) is 0 Å². The molecule has 26 heavy (non-hydrogen) atoms. The normalized spacial score (nSPS) is 15.2. The molecule has 6 heteroatoms. The second-order valence-corrected chi connectivity index (χ2v) is 8.06. The van der Waals surface area contributed by atoms with Crippen molar-refractivity contribution in [1.82, 2.24) is 0 Å². The Morgan fingerprint density at radius 1 is 1.12 bits per heavy atom. The van der Waals surface area contributed by atoms with Crippen LogP contribution < -0.4 is 5.32 Å². The van der Waals surface area contributed by atoms with E-state index < -0.39 is 0 Å². The van der Waals surface area contributed by atoms with Crippen LogP contribution in [0.5, 0.6) is 0 Å². The summed E-state index contributed by atoms with van der Waals surface area (Å²) in [6, 6.07) is 15.5. The Labute approximate surface area is 161 Å². The first-order valence-electron chi connectivity index (χ1n) is 8.09. The molecule has 2 amide bonds. The molecule has 0 fully saturated rings. The number of para-hydroxylation sites is 1. The van der Waals surface area contributed by atoms with Crippen LogP contribution in [0.15, 0.2) is 58.4 Å². The Bertz CT molecular complexity index is 885. The van der Waals surface area contributed by atoms with Crippen LogP contribution in [-0.2, 0) is 9.59 Å². The highest BCUT2D eigenvalue weighted by Crippen LogP contribution is 2.33. The Balaban J connectivity index is 1.57. The molecular formula is C20H18N2O2S2. The van der Waals surface area contributed by atoms with E-state index in [9.17, 15) is 9.59 Å². The molecule has 0 saturated heterocycles. The molecule has 0 saturated carbocycles. The van der Waals surface area contributed by atoms with Gasteiger partial charge in [-0.1, -0.05) is 72.1 Å². The van der Waals surface area contributed by atoms with E-state index in [4.69, 9.17) is 0 Å². The molecular weight excluding hydrogens is 364 g/mol. The number of carbonyl (C=O) groups excluding carboxylic acids is 2. The zero-order valence-corrected chi connectivity index (χ0v) is 16.1. The van der Waals surface area contributed by atoms with Gasteiger partial charge in [-0.05, 0) is 36.6 Å². The van der Waals surface area contributed by atoms with Gasteiger partial charge >= 0.3 is 0 Å². The predicted octanol–water partition coefficient (Wildman–Crippen LogP) is 4.65. The third kappa shape index (κ3) is 4.65. The molecule has 0 aromatic heterocycles. The molecule has 0 aliphatic carbocycles. The number of nitrogens with zero attached hydrogens (tertiary/aromatic N) is 1. The van der Waals surface area contributed by atoms with Gasteiger partial charge in [-0.3, -0.25) is 9.59 Å². The van der Waals surface area contributed by atoms with Gasteiger partial charge in [0, 0.05) is 5.69 Å². The topological polar surface area (TPSA) is 58.5 Å². The number of amides is 2. The van der Waals surface area contributed by atoms with Crippen molar-refractivity contribution in [3.8, 4) is 0 Å². The lowest BCUT2D eigenvalue weighted by molar-refractivity contribution is -0.114. The van der Waals surface area contributed by atoms with Gasteiger partial charge in [-0.25, -0.2) is 0 Å². The standard InChI is InChI=1S/C20H18N2O2S2/c1-13-7-6-8-14(2)18(13)21-17(23)12-25-20-22-19(24)16(26-20)11-15-9-4-3-5-10-15/h3-11H,12H2,1-2H3,(H,21,23). The summed E-state index contributed by atoms with van der Waals surface area (Å²) in [4.78, 5) is 28.9. The molecule has 1 aliphatic heterocycles. The van der Waals surface area contributed by atoms with Crippen LogP contribution in [0.25, 0.3) is 6.08 Å². The zero-order valence-electron chi connectivity index (χ0n) is 14.5. The summed E-state index contributed by atoms with van der Waals surface area (Å²) in [6.45, 7) is 3.93. The molecule has 0 radical (unpaired) electrons. The van der Waals surface area contributed by atoms with Crippen LogP contribution in [0, 0.1) is 13.8 Å². The highest BCUT2D eigenvalue weighted by molar-refractivity contribution is 8.41. The number of aryl methyl sites for hydroxylation is 2. The molecule has 2 aromatic carbocycles. The number of aliphatic imine (C=N–C) groups is 1. The van der Waals surface area contributed by atoms with Crippen LogP contribution in [0.1, 0.15) is 16.7 Å². The highest BCUT2D eigenvalue weighted by Gasteiger charge is 2.23. The molecule has 1 aliphatic rings. The third-order valence-corrected chi connectivity index (χ3v) is 5.90. The molecule has 1 heterocycles. The number of carbonyl (C=O) groups is 2. The van der Waals surface area contributed by atoms with Gasteiger partial charge in [0.1, 0.15) is 4.38 Å². The largest absolute Gasteiger partial charge is 0.325 e. The fraction of sp³-hybridized carbons (Fsp3) is 0.150. The number of rotatable bonds is 4. The smallest absolute Gasteiger partial charge is 0.285 e. The Morgan fingerprint density at radius 2 is 1.81 bits per heavy atom. The monoisotopic (exact) mass is 382 g/mol. The van der Waals surface area contributed by atoms with Crippen molar-refractivity contribution >= 4 is 51.5 Å². The highest BCUT2D eigenvalue weighted by atomic mass is 32.2. The summed E-state index contributed by atoms with van der Waals surface area (Å²) < 4.78 is 0.605. The lowest BCUT2D eigenvalue weighted by atomic mass is 10.1. The maximum atomic E-state index is 12.2. The molecule has 0 unspecified atom stereocenters. The first kappa shape index (κ1) is 18.5. The molecule has 3 rings (SSSR count). The van der Waals surface area contributed by atoms with E-state index in [0.717, 1.165) is 22.4 Å². The van der Waals surface area contributed by atoms with Crippen LogP contribution >= 0.6 is 23.5 Å². The maximum Gasteiger partial charge on any atom is 0.285 e. The molecule has 4 nitrogen and oxygen atoms in total. The van der Waals surface area contributed by atoms with E-state index in [0.29, 0.717) is 9.28 Å². The van der Waals surface area contributed by atoms with Crippen molar-refractivity contribution in [2.75, 3.05) is 11.1 Å². The number of thioether (sulfide) groups is 2.